The Morgan fingerprint density at radius 1 is 1.33 bits per heavy atom. The minimum Gasteiger partial charge on any atom is -0.398 e. The van der Waals surface area contributed by atoms with Gasteiger partial charge in [0.2, 0.25) is 10.0 Å². The highest BCUT2D eigenvalue weighted by atomic mass is 79.9. The number of benzene rings is 1. The summed E-state index contributed by atoms with van der Waals surface area (Å²) in [6.07, 6.45) is 1.01. The first-order chi connectivity index (χ1) is 9.81. The van der Waals surface area contributed by atoms with Crippen molar-refractivity contribution >= 4 is 31.6 Å². The van der Waals surface area contributed by atoms with Crippen LogP contribution in [0.15, 0.2) is 21.5 Å². The summed E-state index contributed by atoms with van der Waals surface area (Å²) >= 11 is 2.96. The van der Waals surface area contributed by atoms with Crippen LogP contribution in [0.1, 0.15) is 20.3 Å². The van der Waals surface area contributed by atoms with E-state index in [4.69, 9.17) is 5.73 Å². The fourth-order valence-electron chi connectivity index (χ4n) is 1.94. The second-order valence-electron chi connectivity index (χ2n) is 4.64. The summed E-state index contributed by atoms with van der Waals surface area (Å²) in [5.74, 6) is -0.591. The molecular formula is C13H21BrFN3O2S. The number of nitrogens with zero attached hydrogens (tertiary/aromatic N) is 1. The van der Waals surface area contributed by atoms with Crippen molar-refractivity contribution in [1.29, 1.82) is 0 Å². The van der Waals surface area contributed by atoms with Crippen molar-refractivity contribution in [2.24, 2.45) is 0 Å². The minimum absolute atomic E-state index is 0.0678. The lowest BCUT2D eigenvalue weighted by Gasteiger charge is -2.19. The van der Waals surface area contributed by atoms with E-state index in [9.17, 15) is 12.8 Å². The number of anilines is 1. The topological polar surface area (TPSA) is 75.4 Å². The summed E-state index contributed by atoms with van der Waals surface area (Å²) in [7, 11) is -3.75. The summed E-state index contributed by atoms with van der Waals surface area (Å²) in [4.78, 5) is 2.03. The van der Waals surface area contributed by atoms with Crippen LogP contribution >= 0.6 is 15.9 Å². The summed E-state index contributed by atoms with van der Waals surface area (Å²) in [5.41, 5.74) is 5.48. The van der Waals surface area contributed by atoms with Crippen LogP contribution in [-0.2, 0) is 10.0 Å². The quantitative estimate of drug-likeness (QED) is 0.676. The molecule has 0 spiro atoms. The largest absolute Gasteiger partial charge is 0.398 e. The fourth-order valence-corrected chi connectivity index (χ4v) is 3.59. The molecule has 0 atom stereocenters. The monoisotopic (exact) mass is 381 g/mol. The zero-order valence-electron chi connectivity index (χ0n) is 12.2. The normalized spacial score (nSPS) is 12.0. The van der Waals surface area contributed by atoms with Gasteiger partial charge in [0, 0.05) is 13.1 Å². The molecule has 0 amide bonds. The Hall–Kier alpha value is -0.700. The maximum Gasteiger partial charge on any atom is 0.242 e. The van der Waals surface area contributed by atoms with Gasteiger partial charge in [0.1, 0.15) is 10.7 Å². The first kappa shape index (κ1) is 18.3. The molecule has 8 heteroatoms. The molecule has 0 heterocycles. The van der Waals surface area contributed by atoms with Gasteiger partial charge in [-0.25, -0.2) is 17.5 Å². The van der Waals surface area contributed by atoms with Crippen LogP contribution in [0.5, 0.6) is 0 Å². The number of hydrogen-bond acceptors (Lipinski definition) is 4. The van der Waals surface area contributed by atoms with E-state index in [1.165, 1.54) is 6.07 Å². The summed E-state index contributed by atoms with van der Waals surface area (Å²) in [6.45, 7) is 6.78. The molecule has 0 unspecified atom stereocenters. The SMILES string of the molecule is CCCN(CC)CCNS(=O)(=O)c1cc(Br)c(F)cc1N. The number of nitrogens with two attached hydrogens (primary N) is 1. The first-order valence-corrected chi connectivity index (χ1v) is 9.06. The molecule has 0 radical (unpaired) electrons. The average Bonchev–Trinajstić information content (AvgIpc) is 2.41. The molecule has 0 aliphatic carbocycles. The molecule has 0 saturated heterocycles. The van der Waals surface area contributed by atoms with Crippen LogP contribution < -0.4 is 10.5 Å². The molecule has 0 saturated carbocycles. The van der Waals surface area contributed by atoms with Crippen molar-refractivity contribution in [2.45, 2.75) is 25.2 Å². The van der Waals surface area contributed by atoms with Crippen molar-refractivity contribution in [3.8, 4) is 0 Å². The Morgan fingerprint density at radius 3 is 2.57 bits per heavy atom. The predicted octanol–water partition coefficient (Wildman–Crippen LogP) is 2.18. The Balaban J connectivity index is 2.76. The number of nitrogen functional groups attached to an aromatic ring is 1. The van der Waals surface area contributed by atoms with Crippen molar-refractivity contribution in [3.63, 3.8) is 0 Å². The van der Waals surface area contributed by atoms with Crippen molar-refractivity contribution in [1.82, 2.24) is 9.62 Å². The third-order valence-electron chi connectivity index (χ3n) is 3.05. The molecule has 1 aromatic rings. The van der Waals surface area contributed by atoms with Gasteiger partial charge in [-0.2, -0.15) is 0 Å². The highest BCUT2D eigenvalue weighted by Crippen LogP contribution is 2.25. The molecule has 120 valence electrons. The van der Waals surface area contributed by atoms with Crippen LogP contribution in [0.3, 0.4) is 0 Å². The number of rotatable bonds is 8. The van der Waals surface area contributed by atoms with Crippen LogP contribution in [0, 0.1) is 5.82 Å². The summed E-state index contributed by atoms with van der Waals surface area (Å²) < 4.78 is 40.2. The number of nitrogens with one attached hydrogen (secondary N) is 1. The highest BCUT2D eigenvalue weighted by Gasteiger charge is 2.19. The van der Waals surface area contributed by atoms with E-state index in [0.717, 1.165) is 25.6 Å². The third kappa shape index (κ3) is 5.21. The number of sulfonamides is 1. The second kappa shape index (κ2) is 8.07. The van der Waals surface area contributed by atoms with Gasteiger partial charge in [-0.3, -0.25) is 0 Å². The van der Waals surface area contributed by atoms with Gasteiger partial charge in [-0.05, 0) is 47.6 Å². The third-order valence-corrected chi connectivity index (χ3v) is 5.17. The Bertz CT molecular complexity index is 581. The molecule has 0 fully saturated rings. The number of likely N-dealkylation sites (N-methyl/N-ethyl adjacent to an activating group) is 1. The van der Waals surface area contributed by atoms with Crippen LogP contribution in [-0.4, -0.2) is 39.5 Å². The Morgan fingerprint density at radius 2 is 2.00 bits per heavy atom. The highest BCUT2D eigenvalue weighted by molar-refractivity contribution is 9.10. The maximum absolute atomic E-state index is 13.3. The molecule has 1 rings (SSSR count). The minimum atomic E-state index is -3.75. The Labute approximate surface area is 133 Å². The van der Waals surface area contributed by atoms with E-state index in [2.05, 4.69) is 32.5 Å². The molecule has 0 bridgehead atoms. The van der Waals surface area contributed by atoms with E-state index in [1.54, 1.807) is 0 Å². The lowest BCUT2D eigenvalue weighted by molar-refractivity contribution is 0.293. The van der Waals surface area contributed by atoms with E-state index >= 15 is 0 Å². The molecule has 0 aliphatic rings. The maximum atomic E-state index is 13.3. The zero-order chi connectivity index (χ0) is 16.0. The number of halogens is 2. The Kier molecular flexibility index (Phi) is 7.05. The molecule has 3 N–H and O–H groups in total. The van der Waals surface area contributed by atoms with Gasteiger partial charge in [0.05, 0.1) is 10.2 Å². The van der Waals surface area contributed by atoms with E-state index < -0.39 is 15.8 Å². The standard InChI is InChI=1S/C13H21BrFN3O2S/c1-3-6-18(4-2)7-5-17-21(19,20)13-8-10(14)11(15)9-12(13)16/h8-9,17H,3-7,16H2,1-2H3. The van der Waals surface area contributed by atoms with E-state index in [0.29, 0.717) is 6.54 Å². The van der Waals surface area contributed by atoms with Gasteiger partial charge >= 0.3 is 0 Å². The van der Waals surface area contributed by atoms with Gasteiger partial charge < -0.3 is 10.6 Å². The van der Waals surface area contributed by atoms with Gasteiger partial charge in [-0.15, -0.1) is 0 Å². The molecule has 0 aliphatic heterocycles. The summed E-state index contributed by atoms with van der Waals surface area (Å²) in [6, 6.07) is 2.17. The van der Waals surface area contributed by atoms with E-state index in [1.807, 2.05) is 6.92 Å². The molecule has 5 nitrogen and oxygen atoms in total. The van der Waals surface area contributed by atoms with Crippen molar-refractivity contribution in [3.05, 3.63) is 22.4 Å². The smallest absolute Gasteiger partial charge is 0.242 e. The van der Waals surface area contributed by atoms with Crippen LogP contribution in [0.25, 0.3) is 0 Å². The first-order valence-electron chi connectivity index (χ1n) is 6.78. The molecule has 1 aromatic carbocycles. The molecule has 0 aromatic heterocycles. The van der Waals surface area contributed by atoms with Crippen LogP contribution in [0.2, 0.25) is 0 Å². The van der Waals surface area contributed by atoms with Crippen molar-refractivity contribution in [2.75, 3.05) is 31.9 Å². The average molecular weight is 382 g/mol. The van der Waals surface area contributed by atoms with Crippen molar-refractivity contribution < 1.29 is 12.8 Å². The van der Waals surface area contributed by atoms with Gasteiger partial charge in [0.25, 0.3) is 0 Å². The fraction of sp³-hybridized carbons (Fsp3) is 0.538. The van der Waals surface area contributed by atoms with E-state index in [-0.39, 0.29) is 21.6 Å². The molecule has 21 heavy (non-hydrogen) atoms. The van der Waals surface area contributed by atoms with Gasteiger partial charge in [0.15, 0.2) is 0 Å². The predicted molar refractivity (Wildman–Crippen MR) is 86.1 cm³/mol. The second-order valence-corrected chi connectivity index (χ2v) is 7.23. The van der Waals surface area contributed by atoms with Gasteiger partial charge in [-0.1, -0.05) is 13.8 Å². The number of hydrogen-bond donors (Lipinski definition) is 2. The lowest BCUT2D eigenvalue weighted by Crippen LogP contribution is -2.35. The lowest BCUT2D eigenvalue weighted by atomic mass is 10.3. The molecular weight excluding hydrogens is 361 g/mol. The summed E-state index contributed by atoms with van der Waals surface area (Å²) in [5, 5.41) is 0. The zero-order valence-corrected chi connectivity index (χ0v) is 14.6. The van der Waals surface area contributed by atoms with Crippen LogP contribution in [0.4, 0.5) is 10.1 Å².